The molecule has 1 N–H and O–H groups in total. The van der Waals surface area contributed by atoms with E-state index in [2.05, 4.69) is 5.32 Å². The predicted octanol–water partition coefficient (Wildman–Crippen LogP) is 5.85. The minimum atomic E-state index is -1.45. The summed E-state index contributed by atoms with van der Waals surface area (Å²) in [7, 11) is 1.53. The number of carbonyl (C=O) groups excluding carboxylic acids is 3. The largest absolute Gasteiger partial charge is 0.497 e. The Morgan fingerprint density at radius 1 is 0.886 bits per heavy atom. The smallest absolute Gasteiger partial charge is 0.269 e. The van der Waals surface area contributed by atoms with Crippen molar-refractivity contribution in [1.29, 1.82) is 0 Å². The van der Waals surface area contributed by atoms with Gasteiger partial charge in [-0.2, -0.15) is 0 Å². The fourth-order valence-electron chi connectivity index (χ4n) is 7.24. The van der Waals surface area contributed by atoms with Gasteiger partial charge in [-0.1, -0.05) is 42.5 Å². The van der Waals surface area contributed by atoms with Gasteiger partial charge in [-0.05, 0) is 66.6 Å². The van der Waals surface area contributed by atoms with Crippen molar-refractivity contribution in [3.8, 4) is 5.75 Å². The number of para-hydroxylation sites is 2. The third-order valence-electron chi connectivity index (χ3n) is 9.17. The van der Waals surface area contributed by atoms with E-state index in [9.17, 15) is 24.5 Å². The number of methoxy groups -OCH3 is 1. The number of nitrogens with zero attached hydrogens (tertiary/aromatic N) is 2. The van der Waals surface area contributed by atoms with Gasteiger partial charge in [0, 0.05) is 40.2 Å². The number of fused-ring (bicyclic) bond motifs is 6. The summed E-state index contributed by atoms with van der Waals surface area (Å²) in [5.74, 6) is -1.72. The minimum Gasteiger partial charge on any atom is -0.497 e. The lowest BCUT2D eigenvalue weighted by molar-refractivity contribution is -0.384. The highest BCUT2D eigenvalue weighted by atomic mass is 16.6. The molecule has 0 bridgehead atoms. The molecule has 1 fully saturated rings. The van der Waals surface area contributed by atoms with E-state index in [1.165, 1.54) is 31.4 Å². The highest BCUT2D eigenvalue weighted by Crippen LogP contribution is 2.58. The molecule has 0 radical (unpaired) electrons. The second kappa shape index (κ2) is 10.0. The molecular weight excluding hydrogens is 558 g/mol. The first-order valence-electron chi connectivity index (χ1n) is 14.2. The fraction of sp³-hybridized carbons (Fsp3) is 0.171. The van der Waals surface area contributed by atoms with Gasteiger partial charge in [0.1, 0.15) is 17.2 Å². The van der Waals surface area contributed by atoms with Crippen molar-refractivity contribution in [2.45, 2.75) is 24.4 Å². The first-order valence-corrected chi connectivity index (χ1v) is 14.2. The summed E-state index contributed by atoms with van der Waals surface area (Å²) in [6.45, 7) is 1.97. The molecule has 7 rings (SSSR count). The van der Waals surface area contributed by atoms with Gasteiger partial charge >= 0.3 is 0 Å². The van der Waals surface area contributed by atoms with Gasteiger partial charge in [0.05, 0.1) is 24.0 Å². The number of amides is 1. The van der Waals surface area contributed by atoms with Crippen molar-refractivity contribution in [2.75, 3.05) is 17.3 Å². The van der Waals surface area contributed by atoms with E-state index in [-0.39, 0.29) is 22.9 Å². The molecule has 0 unspecified atom stereocenters. The number of rotatable bonds is 6. The maximum Gasteiger partial charge on any atom is 0.269 e. The van der Waals surface area contributed by atoms with E-state index in [0.717, 1.165) is 16.8 Å². The average molecular weight is 586 g/mol. The van der Waals surface area contributed by atoms with Crippen LogP contribution in [-0.2, 0) is 10.2 Å². The number of allylic oxidation sites excluding steroid dienone is 1. The van der Waals surface area contributed by atoms with Crippen LogP contribution < -0.4 is 15.0 Å². The average Bonchev–Trinajstić information content (AvgIpc) is 3.52. The van der Waals surface area contributed by atoms with Crippen LogP contribution in [0.4, 0.5) is 17.1 Å². The highest BCUT2D eigenvalue weighted by molar-refractivity contribution is 6.18. The van der Waals surface area contributed by atoms with E-state index in [0.29, 0.717) is 22.6 Å². The van der Waals surface area contributed by atoms with Gasteiger partial charge in [-0.15, -0.1) is 0 Å². The number of nitrogens with one attached hydrogen (secondary N) is 1. The van der Waals surface area contributed by atoms with E-state index >= 15 is 0 Å². The second-order valence-corrected chi connectivity index (χ2v) is 11.3. The van der Waals surface area contributed by atoms with Crippen molar-refractivity contribution in [2.24, 2.45) is 5.92 Å². The highest BCUT2D eigenvalue weighted by Gasteiger charge is 2.70. The standard InChI is InChI=1S/C35H27N3O6/c1-20-19-29-35(26-8-4-5-9-27(26)36-34(35)41)30(32(39)21-13-17-24(44-2)18-14-21)31(37(29)28-10-6-3-7-25(20)28)33(40)22-11-15-23(16-12-22)38(42)43/h3-19,29-31H,1-2H3,(H,36,41)/t29-,30+,31-,35-/m1/s1. The lowest BCUT2D eigenvalue weighted by Crippen LogP contribution is -2.51. The normalized spacial score (nSPS) is 22.9. The number of hydrogen-bond acceptors (Lipinski definition) is 7. The molecule has 3 aliphatic heterocycles. The molecule has 4 aromatic carbocycles. The van der Waals surface area contributed by atoms with Crippen LogP contribution >= 0.6 is 0 Å². The molecule has 3 aliphatic rings. The molecule has 0 aromatic heterocycles. The maximum absolute atomic E-state index is 14.9. The number of non-ortho nitro benzene ring substituents is 1. The quantitative estimate of drug-likeness (QED) is 0.171. The molecule has 44 heavy (non-hydrogen) atoms. The van der Waals surface area contributed by atoms with E-state index in [1.807, 2.05) is 60.4 Å². The minimum absolute atomic E-state index is 0.154. The van der Waals surface area contributed by atoms with Crippen LogP contribution in [0.2, 0.25) is 0 Å². The van der Waals surface area contributed by atoms with Gasteiger partial charge in [0.2, 0.25) is 5.91 Å². The molecular formula is C35H27N3O6. The summed E-state index contributed by atoms with van der Waals surface area (Å²) in [6.07, 6.45) is 1.99. The summed E-state index contributed by atoms with van der Waals surface area (Å²) in [6, 6.07) is 25.2. The second-order valence-electron chi connectivity index (χ2n) is 11.3. The zero-order chi connectivity index (χ0) is 30.7. The summed E-state index contributed by atoms with van der Waals surface area (Å²) < 4.78 is 5.31. The number of hydrogen-bond donors (Lipinski definition) is 1. The molecule has 9 heteroatoms. The Morgan fingerprint density at radius 3 is 2.23 bits per heavy atom. The Bertz CT molecular complexity index is 1900. The molecule has 0 aliphatic carbocycles. The van der Waals surface area contributed by atoms with Crippen LogP contribution in [-0.4, -0.2) is 41.6 Å². The van der Waals surface area contributed by atoms with E-state index in [1.54, 1.807) is 30.3 Å². The lowest BCUT2D eigenvalue weighted by Gasteiger charge is -2.39. The summed E-state index contributed by atoms with van der Waals surface area (Å²) in [5.41, 5.74) is 2.74. The molecule has 4 atom stereocenters. The molecule has 4 aromatic rings. The Hall–Kier alpha value is -5.57. The van der Waals surface area contributed by atoms with Crippen LogP contribution in [0, 0.1) is 16.0 Å². The Balaban J connectivity index is 1.52. The van der Waals surface area contributed by atoms with Gasteiger partial charge in [-0.25, -0.2) is 0 Å². The molecule has 218 valence electrons. The van der Waals surface area contributed by atoms with Crippen molar-refractivity contribution in [1.82, 2.24) is 0 Å². The number of benzene rings is 4. The van der Waals surface area contributed by atoms with Gasteiger partial charge < -0.3 is 15.0 Å². The first-order chi connectivity index (χ1) is 21.3. The van der Waals surface area contributed by atoms with Gasteiger partial charge in [0.25, 0.3) is 5.69 Å². The number of nitro benzene ring substituents is 1. The molecule has 1 saturated heterocycles. The first kappa shape index (κ1) is 27.3. The third kappa shape index (κ3) is 3.75. The molecule has 9 nitrogen and oxygen atoms in total. The Morgan fingerprint density at radius 2 is 1.52 bits per heavy atom. The zero-order valence-electron chi connectivity index (χ0n) is 23.9. The van der Waals surface area contributed by atoms with Crippen LogP contribution in [0.25, 0.3) is 5.57 Å². The van der Waals surface area contributed by atoms with E-state index in [4.69, 9.17) is 4.74 Å². The van der Waals surface area contributed by atoms with Gasteiger partial charge in [-0.3, -0.25) is 24.5 Å². The predicted molar refractivity (Wildman–Crippen MR) is 165 cm³/mol. The number of nitro groups is 1. The number of ketones is 2. The van der Waals surface area contributed by atoms with Crippen LogP contribution in [0.15, 0.2) is 103 Å². The molecule has 1 spiro atoms. The Kier molecular flexibility index (Phi) is 6.21. The fourth-order valence-corrected chi connectivity index (χ4v) is 7.24. The lowest BCUT2D eigenvalue weighted by atomic mass is 9.64. The number of ether oxygens (including phenoxy) is 1. The summed E-state index contributed by atoms with van der Waals surface area (Å²) >= 11 is 0. The van der Waals surface area contributed by atoms with Gasteiger partial charge in [0.15, 0.2) is 11.6 Å². The van der Waals surface area contributed by atoms with Crippen molar-refractivity contribution >= 4 is 40.1 Å². The van der Waals surface area contributed by atoms with Crippen LogP contribution in [0.5, 0.6) is 5.75 Å². The third-order valence-corrected chi connectivity index (χ3v) is 9.17. The van der Waals surface area contributed by atoms with Crippen molar-refractivity contribution < 1.29 is 24.0 Å². The molecule has 3 heterocycles. The molecule has 1 amide bonds. The van der Waals surface area contributed by atoms with Crippen molar-refractivity contribution in [3.63, 3.8) is 0 Å². The maximum atomic E-state index is 14.9. The monoisotopic (exact) mass is 585 g/mol. The number of carbonyl (C=O) groups is 3. The van der Waals surface area contributed by atoms with Crippen LogP contribution in [0.3, 0.4) is 0 Å². The number of anilines is 2. The van der Waals surface area contributed by atoms with Crippen LogP contribution in [0.1, 0.15) is 38.8 Å². The molecule has 0 saturated carbocycles. The van der Waals surface area contributed by atoms with E-state index < -0.39 is 34.1 Å². The topological polar surface area (TPSA) is 119 Å². The van der Waals surface area contributed by atoms with Crippen molar-refractivity contribution in [3.05, 3.63) is 136 Å². The summed E-state index contributed by atoms with van der Waals surface area (Å²) in [5, 5.41) is 14.4. The zero-order valence-corrected chi connectivity index (χ0v) is 23.9. The summed E-state index contributed by atoms with van der Waals surface area (Å²) in [4.78, 5) is 56.9. The number of Topliss-reactive ketones (excluding diaryl/α,β-unsaturated/α-hetero) is 2. The Labute approximate surface area is 252 Å². The SMILES string of the molecule is COc1ccc(C(=O)[C@@H]2[C@H](C(=O)c3ccc([N+](=O)[O-])cc3)N3c4ccccc4C(C)=C[C@@H]3[C@@]23C(=O)Nc2ccccc23)cc1.